The normalized spacial score (nSPS) is 14.9. The van der Waals surface area contributed by atoms with Crippen molar-refractivity contribution in [2.45, 2.75) is 25.3 Å². The molecule has 5 N–H and O–H groups in total. The van der Waals surface area contributed by atoms with Gasteiger partial charge >= 0.3 is 0 Å². The molecule has 0 amide bonds. The molecule has 66 valence electrons. The van der Waals surface area contributed by atoms with E-state index in [1.165, 1.54) is 0 Å². The van der Waals surface area contributed by atoms with Gasteiger partial charge in [0.2, 0.25) is 6.21 Å². The maximum Gasteiger partial charge on any atom is 0.226 e. The van der Waals surface area contributed by atoms with E-state index in [2.05, 4.69) is 0 Å². The average molecular weight is 161 g/mol. The lowest BCUT2D eigenvalue weighted by Gasteiger charge is -2.01. The molecule has 0 spiro atoms. The Labute approximate surface area is 65.8 Å². The lowest BCUT2D eigenvalue weighted by atomic mass is 10.1. The second-order valence-corrected chi connectivity index (χ2v) is 2.40. The molecule has 5 heteroatoms. The van der Waals surface area contributed by atoms with Gasteiger partial charge in [0.15, 0.2) is 0 Å². The van der Waals surface area contributed by atoms with E-state index in [1.54, 1.807) is 0 Å². The number of rotatable bonds is 5. The topological polar surface area (TPSA) is 98.3 Å². The first-order valence-electron chi connectivity index (χ1n) is 3.62. The van der Waals surface area contributed by atoms with Crippen molar-refractivity contribution in [2.24, 2.45) is 11.5 Å². The molecule has 0 fully saturated rings. The SMILES string of the molecule is NCCCCC(N)/C=[N+](/[O-])O. The molecule has 0 aliphatic carbocycles. The van der Waals surface area contributed by atoms with Crippen molar-refractivity contribution >= 4 is 6.21 Å². The third kappa shape index (κ3) is 7.08. The maximum atomic E-state index is 10.00. The Morgan fingerprint density at radius 1 is 1.55 bits per heavy atom. The molecule has 0 aromatic rings. The highest BCUT2D eigenvalue weighted by atomic mass is 16.8. The zero-order chi connectivity index (χ0) is 8.69. The van der Waals surface area contributed by atoms with Gasteiger partial charge in [-0.05, 0) is 19.4 Å². The number of unbranched alkanes of at least 4 members (excludes halogenated alkanes) is 1. The lowest BCUT2D eigenvalue weighted by Crippen LogP contribution is -2.25. The van der Waals surface area contributed by atoms with Gasteiger partial charge in [-0.3, -0.25) is 5.21 Å². The van der Waals surface area contributed by atoms with Crippen LogP contribution in [0, 0.1) is 5.21 Å². The fourth-order valence-electron chi connectivity index (χ4n) is 0.763. The van der Waals surface area contributed by atoms with Crippen molar-refractivity contribution < 1.29 is 10.1 Å². The van der Waals surface area contributed by atoms with Gasteiger partial charge in [0.25, 0.3) is 0 Å². The van der Waals surface area contributed by atoms with Crippen molar-refractivity contribution in [3.05, 3.63) is 5.21 Å². The van der Waals surface area contributed by atoms with Crippen molar-refractivity contribution in [2.75, 3.05) is 6.54 Å². The fourth-order valence-corrected chi connectivity index (χ4v) is 0.763. The maximum absolute atomic E-state index is 10.00. The molecule has 5 nitrogen and oxygen atoms in total. The molecule has 11 heavy (non-hydrogen) atoms. The molecule has 0 radical (unpaired) electrons. The molecule has 0 heterocycles. The van der Waals surface area contributed by atoms with Gasteiger partial charge in [-0.15, -0.1) is 0 Å². The fraction of sp³-hybridized carbons (Fsp3) is 0.833. The van der Waals surface area contributed by atoms with Gasteiger partial charge in [0.1, 0.15) is 0 Å². The Bertz CT molecular complexity index is 123. The minimum absolute atomic E-state index is 0.257. The monoisotopic (exact) mass is 161 g/mol. The minimum atomic E-state index is -0.371. The summed E-state index contributed by atoms with van der Waals surface area (Å²) in [5.74, 6) is 0. The van der Waals surface area contributed by atoms with Gasteiger partial charge in [0.05, 0.1) is 6.04 Å². The van der Waals surface area contributed by atoms with Crippen molar-refractivity contribution in [1.82, 2.24) is 0 Å². The van der Waals surface area contributed by atoms with Crippen LogP contribution in [0.4, 0.5) is 0 Å². The highest BCUT2D eigenvalue weighted by Crippen LogP contribution is 1.95. The Balaban J connectivity index is 3.37. The number of nitrogens with two attached hydrogens (primary N) is 2. The van der Waals surface area contributed by atoms with Crippen LogP contribution in [0.25, 0.3) is 0 Å². The quantitative estimate of drug-likeness (QED) is 0.165. The van der Waals surface area contributed by atoms with Gasteiger partial charge in [-0.1, -0.05) is 6.42 Å². The largest absolute Gasteiger partial charge is 0.418 e. The van der Waals surface area contributed by atoms with E-state index in [9.17, 15) is 5.21 Å². The van der Waals surface area contributed by atoms with E-state index in [0.29, 0.717) is 13.0 Å². The molecule has 1 atom stereocenters. The van der Waals surface area contributed by atoms with Gasteiger partial charge in [-0.2, -0.15) is 0 Å². The summed E-state index contributed by atoms with van der Waals surface area (Å²) in [4.78, 5) is -0.257. The van der Waals surface area contributed by atoms with E-state index in [4.69, 9.17) is 16.7 Å². The molecule has 0 aromatic carbocycles. The summed E-state index contributed by atoms with van der Waals surface area (Å²) in [6.07, 6.45) is 3.47. The number of nitrogens with zero attached hydrogens (tertiary/aromatic N) is 1. The molecule has 0 bridgehead atoms. The molecule has 0 aliphatic rings. The first-order chi connectivity index (χ1) is 5.16. The second-order valence-electron chi connectivity index (χ2n) is 2.40. The van der Waals surface area contributed by atoms with Crippen LogP contribution in [-0.2, 0) is 0 Å². The van der Waals surface area contributed by atoms with Crippen LogP contribution in [-0.4, -0.2) is 28.9 Å². The Hall–Kier alpha value is -0.810. The number of hydrogen-bond donors (Lipinski definition) is 3. The van der Waals surface area contributed by atoms with Crippen LogP contribution in [0.2, 0.25) is 0 Å². The van der Waals surface area contributed by atoms with Crippen LogP contribution < -0.4 is 11.5 Å². The Morgan fingerprint density at radius 2 is 2.18 bits per heavy atom. The summed E-state index contributed by atoms with van der Waals surface area (Å²) in [6.45, 7) is 0.632. The van der Waals surface area contributed by atoms with Gasteiger partial charge < -0.3 is 16.7 Å². The second kappa shape index (κ2) is 5.94. The van der Waals surface area contributed by atoms with E-state index in [1.807, 2.05) is 0 Å². The molecule has 0 aliphatic heterocycles. The highest BCUT2D eigenvalue weighted by Gasteiger charge is 2.02. The van der Waals surface area contributed by atoms with Gasteiger partial charge in [-0.25, -0.2) is 0 Å². The third-order valence-electron chi connectivity index (χ3n) is 1.31. The van der Waals surface area contributed by atoms with Crippen LogP contribution in [0.1, 0.15) is 19.3 Å². The molecule has 1 unspecified atom stereocenters. The molecule has 0 aromatic heterocycles. The van der Waals surface area contributed by atoms with E-state index < -0.39 is 0 Å². The van der Waals surface area contributed by atoms with Crippen molar-refractivity contribution in [3.8, 4) is 0 Å². The summed E-state index contributed by atoms with van der Waals surface area (Å²) in [7, 11) is 0. The molecular weight excluding hydrogens is 146 g/mol. The zero-order valence-corrected chi connectivity index (χ0v) is 6.44. The van der Waals surface area contributed by atoms with E-state index in [-0.39, 0.29) is 10.9 Å². The first-order valence-corrected chi connectivity index (χ1v) is 3.62. The lowest BCUT2D eigenvalue weighted by molar-refractivity contribution is -0.723. The molecule has 0 saturated carbocycles. The van der Waals surface area contributed by atoms with E-state index in [0.717, 1.165) is 19.1 Å². The average Bonchev–Trinajstić information content (AvgIpc) is 1.86. The smallest absolute Gasteiger partial charge is 0.226 e. The number of hydrogen-bond acceptors (Lipinski definition) is 4. The van der Waals surface area contributed by atoms with Crippen LogP contribution >= 0.6 is 0 Å². The summed E-state index contributed by atoms with van der Waals surface area (Å²) in [6, 6.07) is -0.371. The zero-order valence-electron chi connectivity index (χ0n) is 6.44. The Morgan fingerprint density at radius 3 is 2.64 bits per heavy atom. The standard InChI is InChI=1S/C6H15N3O2/c7-4-2-1-3-6(8)5-9(10)11/h5-6H,1-4,7-8H2,(H,10,11). The molecular formula is C6H15N3O2. The molecule has 0 saturated heterocycles. The van der Waals surface area contributed by atoms with Crippen LogP contribution in [0.3, 0.4) is 0 Å². The minimum Gasteiger partial charge on any atom is -0.418 e. The summed E-state index contributed by atoms with van der Waals surface area (Å²) >= 11 is 0. The van der Waals surface area contributed by atoms with Gasteiger partial charge in [0, 0.05) is 4.90 Å². The van der Waals surface area contributed by atoms with Crippen molar-refractivity contribution in [1.29, 1.82) is 0 Å². The highest BCUT2D eigenvalue weighted by molar-refractivity contribution is 5.58. The van der Waals surface area contributed by atoms with Crippen LogP contribution in [0.15, 0.2) is 0 Å². The molecule has 0 rings (SSSR count). The van der Waals surface area contributed by atoms with E-state index >= 15 is 0 Å². The van der Waals surface area contributed by atoms with Crippen LogP contribution in [0.5, 0.6) is 0 Å². The van der Waals surface area contributed by atoms with Crippen molar-refractivity contribution in [3.63, 3.8) is 0 Å². The third-order valence-corrected chi connectivity index (χ3v) is 1.31. The summed E-state index contributed by atoms with van der Waals surface area (Å²) < 4.78 is 0. The Kier molecular flexibility index (Phi) is 5.50. The summed E-state index contributed by atoms with van der Waals surface area (Å²) in [5.41, 5.74) is 10.7. The predicted molar refractivity (Wildman–Crippen MR) is 42.4 cm³/mol. The summed E-state index contributed by atoms with van der Waals surface area (Å²) in [5, 5.41) is 18.2. The predicted octanol–water partition coefficient (Wildman–Crippen LogP) is -0.587. The first kappa shape index (κ1) is 10.2.